The Kier molecular flexibility index (Phi) is 5.43. The van der Waals surface area contributed by atoms with Crippen molar-refractivity contribution in [3.63, 3.8) is 0 Å². The van der Waals surface area contributed by atoms with Crippen molar-refractivity contribution in [2.45, 2.75) is 26.3 Å². The molecule has 4 aromatic carbocycles. The summed E-state index contributed by atoms with van der Waals surface area (Å²) < 4.78 is 0. The Morgan fingerprint density at radius 1 is 0.909 bits per heavy atom. The van der Waals surface area contributed by atoms with E-state index in [1.54, 1.807) is 4.90 Å². The topological polar surface area (TPSA) is 49.4 Å². The highest BCUT2D eigenvalue weighted by atomic mass is 16.2. The van der Waals surface area contributed by atoms with Crippen LogP contribution in [0.15, 0.2) is 84.9 Å². The summed E-state index contributed by atoms with van der Waals surface area (Å²) in [7, 11) is 0. The van der Waals surface area contributed by atoms with Crippen molar-refractivity contribution in [1.82, 2.24) is 5.32 Å². The van der Waals surface area contributed by atoms with E-state index in [1.165, 1.54) is 5.39 Å². The third kappa shape index (κ3) is 3.89. The number of carbonyl (C=O) groups is 2. The molecule has 4 nitrogen and oxygen atoms in total. The van der Waals surface area contributed by atoms with Gasteiger partial charge in [0.1, 0.15) is 0 Å². The van der Waals surface area contributed by atoms with Crippen molar-refractivity contribution >= 4 is 28.3 Å². The van der Waals surface area contributed by atoms with Crippen LogP contribution in [0, 0.1) is 0 Å². The van der Waals surface area contributed by atoms with E-state index in [4.69, 9.17) is 0 Å². The molecule has 0 aromatic heterocycles. The van der Waals surface area contributed by atoms with Crippen molar-refractivity contribution in [3.8, 4) is 0 Å². The first-order chi connectivity index (χ1) is 16.0. The summed E-state index contributed by atoms with van der Waals surface area (Å²) in [4.78, 5) is 28.1. The summed E-state index contributed by atoms with van der Waals surface area (Å²) in [6.45, 7) is 4.49. The fourth-order valence-corrected chi connectivity index (χ4v) is 4.60. The minimum absolute atomic E-state index is 0.0195. The zero-order chi connectivity index (χ0) is 22.9. The van der Waals surface area contributed by atoms with Gasteiger partial charge in [-0.15, -0.1) is 0 Å². The molecule has 0 bridgehead atoms. The van der Waals surface area contributed by atoms with E-state index in [9.17, 15) is 9.59 Å². The third-order valence-corrected chi connectivity index (χ3v) is 6.45. The van der Waals surface area contributed by atoms with Crippen LogP contribution in [0.4, 0.5) is 5.69 Å². The first kappa shape index (κ1) is 21.0. The van der Waals surface area contributed by atoms with Gasteiger partial charge in [0, 0.05) is 29.8 Å². The number of nitrogens with zero attached hydrogens (tertiary/aromatic N) is 1. The first-order valence-corrected chi connectivity index (χ1v) is 11.4. The number of fused-ring (bicyclic) bond motifs is 3. The van der Waals surface area contributed by atoms with E-state index in [2.05, 4.69) is 35.6 Å². The Balaban J connectivity index is 1.43. The Morgan fingerprint density at radius 3 is 2.48 bits per heavy atom. The molecule has 4 aromatic rings. The number of hydrogen-bond donors (Lipinski definition) is 1. The van der Waals surface area contributed by atoms with Crippen LogP contribution in [0.2, 0.25) is 0 Å². The van der Waals surface area contributed by atoms with E-state index >= 15 is 0 Å². The average molecular weight is 435 g/mol. The highest BCUT2D eigenvalue weighted by Crippen LogP contribution is 2.31. The second-order valence-electron chi connectivity index (χ2n) is 8.53. The molecule has 1 N–H and O–H groups in total. The maximum atomic E-state index is 13.2. The van der Waals surface area contributed by atoms with Crippen molar-refractivity contribution in [2.75, 3.05) is 11.4 Å². The standard InChI is InChI=1S/C29H26N2O2/c1-3-31-27-18-25(15-14-24(27)17-23-10-6-7-11-26(23)29(31)33)28(32)30-19(2)21-13-12-20-8-4-5-9-22(20)16-21/h4-16,18-19H,3,17H2,1-2H3,(H,30,32). The molecule has 4 heteroatoms. The van der Waals surface area contributed by atoms with Crippen LogP contribution in [-0.4, -0.2) is 18.4 Å². The summed E-state index contributed by atoms with van der Waals surface area (Å²) in [6.07, 6.45) is 0.670. The summed E-state index contributed by atoms with van der Waals surface area (Å²) in [5.41, 5.74) is 5.21. The van der Waals surface area contributed by atoms with Gasteiger partial charge in [-0.1, -0.05) is 60.7 Å². The van der Waals surface area contributed by atoms with E-state index in [0.29, 0.717) is 18.5 Å². The summed E-state index contributed by atoms with van der Waals surface area (Å²) in [5, 5.41) is 5.45. The summed E-state index contributed by atoms with van der Waals surface area (Å²) in [5.74, 6) is -0.169. The number of hydrogen-bond acceptors (Lipinski definition) is 2. The number of nitrogens with one attached hydrogen (secondary N) is 1. The molecular formula is C29H26N2O2. The van der Waals surface area contributed by atoms with Gasteiger partial charge in [0.05, 0.1) is 6.04 Å². The van der Waals surface area contributed by atoms with Gasteiger partial charge >= 0.3 is 0 Å². The van der Waals surface area contributed by atoms with Gasteiger partial charge in [0.2, 0.25) is 0 Å². The normalized spacial score (nSPS) is 13.8. The molecule has 5 rings (SSSR count). The predicted molar refractivity (Wildman–Crippen MR) is 133 cm³/mol. The van der Waals surface area contributed by atoms with Gasteiger partial charge in [-0.2, -0.15) is 0 Å². The molecule has 0 aliphatic carbocycles. The van der Waals surface area contributed by atoms with Crippen LogP contribution in [0.25, 0.3) is 10.8 Å². The monoisotopic (exact) mass is 434 g/mol. The molecule has 0 spiro atoms. The second-order valence-corrected chi connectivity index (χ2v) is 8.53. The highest BCUT2D eigenvalue weighted by molar-refractivity contribution is 6.09. The minimum atomic E-state index is -0.149. The predicted octanol–water partition coefficient (Wildman–Crippen LogP) is 5.90. The largest absolute Gasteiger partial charge is 0.346 e. The van der Waals surface area contributed by atoms with Gasteiger partial charge < -0.3 is 10.2 Å². The number of amides is 2. The minimum Gasteiger partial charge on any atom is -0.346 e. The molecule has 1 heterocycles. The number of anilines is 1. The van der Waals surface area contributed by atoms with Gasteiger partial charge in [-0.25, -0.2) is 0 Å². The molecule has 0 fully saturated rings. The fraction of sp³-hybridized carbons (Fsp3) is 0.172. The third-order valence-electron chi connectivity index (χ3n) is 6.45. The maximum Gasteiger partial charge on any atom is 0.258 e. The van der Waals surface area contributed by atoms with Gasteiger partial charge in [0.15, 0.2) is 0 Å². The van der Waals surface area contributed by atoms with Crippen molar-refractivity contribution in [2.24, 2.45) is 0 Å². The highest BCUT2D eigenvalue weighted by Gasteiger charge is 2.26. The number of rotatable bonds is 4. The molecule has 1 atom stereocenters. The van der Waals surface area contributed by atoms with Crippen molar-refractivity contribution in [3.05, 3.63) is 113 Å². The van der Waals surface area contributed by atoms with Gasteiger partial charge in [-0.3, -0.25) is 9.59 Å². The van der Waals surface area contributed by atoms with E-state index in [1.807, 2.05) is 68.4 Å². The average Bonchev–Trinajstić information content (AvgIpc) is 2.96. The Morgan fingerprint density at radius 2 is 1.67 bits per heavy atom. The van der Waals surface area contributed by atoms with Crippen molar-refractivity contribution in [1.29, 1.82) is 0 Å². The number of carbonyl (C=O) groups excluding carboxylic acids is 2. The fourth-order valence-electron chi connectivity index (χ4n) is 4.60. The Hall–Kier alpha value is -3.92. The molecule has 1 aliphatic rings. The molecule has 2 amide bonds. The van der Waals surface area contributed by atoms with Crippen LogP contribution in [0.5, 0.6) is 0 Å². The van der Waals surface area contributed by atoms with E-state index < -0.39 is 0 Å². The Labute approximate surface area is 193 Å². The smallest absolute Gasteiger partial charge is 0.258 e. The first-order valence-electron chi connectivity index (χ1n) is 11.4. The lowest BCUT2D eigenvalue weighted by molar-refractivity contribution is 0.0937. The lowest BCUT2D eigenvalue weighted by atomic mass is 9.99. The van der Waals surface area contributed by atoms with Crippen LogP contribution < -0.4 is 10.2 Å². The zero-order valence-corrected chi connectivity index (χ0v) is 18.8. The van der Waals surface area contributed by atoms with Gasteiger partial charge in [-0.05, 0) is 65.6 Å². The summed E-state index contributed by atoms with van der Waals surface area (Å²) >= 11 is 0. The van der Waals surface area contributed by atoms with Gasteiger partial charge in [0.25, 0.3) is 11.8 Å². The lowest BCUT2D eigenvalue weighted by Gasteiger charge is -2.22. The quantitative estimate of drug-likeness (QED) is 0.435. The lowest BCUT2D eigenvalue weighted by Crippen LogP contribution is -2.31. The summed E-state index contributed by atoms with van der Waals surface area (Å²) in [6, 6.07) is 27.7. The molecular weight excluding hydrogens is 408 g/mol. The van der Waals surface area contributed by atoms with Crippen LogP contribution in [-0.2, 0) is 6.42 Å². The van der Waals surface area contributed by atoms with Crippen LogP contribution >= 0.6 is 0 Å². The molecule has 1 aliphatic heterocycles. The van der Waals surface area contributed by atoms with E-state index in [-0.39, 0.29) is 17.9 Å². The van der Waals surface area contributed by atoms with Crippen LogP contribution in [0.1, 0.15) is 57.3 Å². The van der Waals surface area contributed by atoms with Crippen LogP contribution in [0.3, 0.4) is 0 Å². The Bertz CT molecular complexity index is 1380. The van der Waals surface area contributed by atoms with E-state index in [0.717, 1.165) is 33.3 Å². The maximum absolute atomic E-state index is 13.2. The molecule has 1 unspecified atom stereocenters. The molecule has 33 heavy (non-hydrogen) atoms. The molecule has 0 saturated carbocycles. The molecule has 0 radical (unpaired) electrons. The molecule has 164 valence electrons. The van der Waals surface area contributed by atoms with Crippen molar-refractivity contribution < 1.29 is 9.59 Å². The zero-order valence-electron chi connectivity index (χ0n) is 18.8. The second kappa shape index (κ2) is 8.55. The SMILES string of the molecule is CCN1C(=O)c2ccccc2Cc2ccc(C(=O)NC(C)c3ccc4ccccc4c3)cc21. The number of benzene rings is 4. The molecule has 0 saturated heterocycles.